The van der Waals surface area contributed by atoms with Gasteiger partial charge >= 0.3 is 0 Å². The lowest BCUT2D eigenvalue weighted by Crippen LogP contribution is -2.51. The number of amides is 2. The predicted octanol–water partition coefficient (Wildman–Crippen LogP) is 5.55. The van der Waals surface area contributed by atoms with Crippen molar-refractivity contribution in [2.24, 2.45) is 0 Å². The van der Waals surface area contributed by atoms with Crippen molar-refractivity contribution in [1.82, 2.24) is 14.4 Å². The summed E-state index contributed by atoms with van der Waals surface area (Å²) >= 11 is 0. The number of ether oxygens (including phenoxy) is 2. The maximum absolute atomic E-state index is 14.2. The lowest BCUT2D eigenvalue weighted by atomic mass is 10.0. The van der Waals surface area contributed by atoms with Crippen LogP contribution < -0.4 is 14.4 Å². The Bertz CT molecular complexity index is 1650. The van der Waals surface area contributed by atoms with Crippen LogP contribution >= 0.6 is 0 Å². The van der Waals surface area contributed by atoms with Crippen LogP contribution in [-0.4, -0.2) is 72.6 Å². The van der Waals surface area contributed by atoms with Gasteiger partial charge in [0, 0.05) is 60.3 Å². The van der Waals surface area contributed by atoms with Gasteiger partial charge in [-0.3, -0.25) is 14.5 Å². The maximum Gasteiger partial charge on any atom is 0.270 e. The third-order valence-corrected chi connectivity index (χ3v) is 8.64. The molecule has 4 aromatic rings. The number of benzene rings is 3. The highest BCUT2D eigenvalue weighted by Crippen LogP contribution is 2.38. The predicted molar refractivity (Wildman–Crippen MR) is 168 cm³/mol. The molecule has 2 amide bonds. The Kier molecular flexibility index (Phi) is 7.95. The van der Waals surface area contributed by atoms with Gasteiger partial charge in [-0.15, -0.1) is 0 Å². The largest absolute Gasteiger partial charge is 0.496 e. The fourth-order valence-electron chi connectivity index (χ4n) is 6.20. The van der Waals surface area contributed by atoms with E-state index in [9.17, 15) is 9.59 Å². The number of rotatable bonds is 6. The van der Waals surface area contributed by atoms with Gasteiger partial charge in [0.15, 0.2) is 0 Å². The van der Waals surface area contributed by atoms with Crippen molar-refractivity contribution in [3.8, 4) is 22.6 Å². The highest BCUT2D eigenvalue weighted by molar-refractivity contribution is 6.07. The SMILES string of the molecule is COc1ccccc1-c1ccc(C(=O)N2Cc3ccc(C(=O)N4CCN(C(C)C)CC4)n3Cc3ccccc32)cc1OC. The minimum absolute atomic E-state index is 0.0450. The van der Waals surface area contributed by atoms with E-state index in [0.717, 1.165) is 46.9 Å². The van der Waals surface area contributed by atoms with Crippen molar-refractivity contribution in [3.63, 3.8) is 0 Å². The molecule has 8 nitrogen and oxygen atoms in total. The zero-order chi connectivity index (χ0) is 30.1. The van der Waals surface area contributed by atoms with Crippen molar-refractivity contribution in [1.29, 1.82) is 0 Å². The average molecular weight is 579 g/mol. The van der Waals surface area contributed by atoms with E-state index in [1.807, 2.05) is 77.7 Å². The number of carbonyl (C=O) groups excluding carboxylic acids is 2. The van der Waals surface area contributed by atoms with Crippen LogP contribution in [0, 0.1) is 0 Å². The molecular formula is C35H38N4O4. The molecule has 1 saturated heterocycles. The summed E-state index contributed by atoms with van der Waals surface area (Å²) in [6.45, 7) is 8.44. The number of nitrogens with zero attached hydrogens (tertiary/aromatic N) is 4. The second-order valence-corrected chi connectivity index (χ2v) is 11.4. The molecule has 0 atom stereocenters. The van der Waals surface area contributed by atoms with E-state index in [0.29, 0.717) is 49.2 Å². The molecule has 43 heavy (non-hydrogen) atoms. The summed E-state index contributed by atoms with van der Waals surface area (Å²) in [6.07, 6.45) is 0. The average Bonchev–Trinajstić information content (AvgIpc) is 3.36. The first-order chi connectivity index (χ1) is 20.9. The molecule has 0 N–H and O–H groups in total. The van der Waals surface area contributed by atoms with Gasteiger partial charge in [0.25, 0.3) is 11.8 Å². The van der Waals surface area contributed by atoms with Gasteiger partial charge in [-0.25, -0.2) is 0 Å². The van der Waals surface area contributed by atoms with E-state index in [-0.39, 0.29) is 11.8 Å². The number of carbonyl (C=O) groups is 2. The van der Waals surface area contributed by atoms with E-state index >= 15 is 0 Å². The Hall–Kier alpha value is -4.56. The number of aromatic nitrogens is 1. The lowest BCUT2D eigenvalue weighted by molar-refractivity contribution is 0.0585. The summed E-state index contributed by atoms with van der Waals surface area (Å²) in [7, 11) is 3.25. The van der Waals surface area contributed by atoms with Gasteiger partial charge in [-0.05, 0) is 61.9 Å². The molecule has 0 unspecified atom stereocenters. The van der Waals surface area contributed by atoms with Gasteiger partial charge in [-0.2, -0.15) is 0 Å². The van der Waals surface area contributed by atoms with Crippen molar-refractivity contribution in [2.45, 2.75) is 33.0 Å². The summed E-state index contributed by atoms with van der Waals surface area (Å²) in [5.41, 5.74) is 5.67. The van der Waals surface area contributed by atoms with Crippen LogP contribution in [0.15, 0.2) is 78.9 Å². The molecule has 3 heterocycles. The number of anilines is 1. The molecule has 222 valence electrons. The Morgan fingerprint density at radius 2 is 1.42 bits per heavy atom. The van der Waals surface area contributed by atoms with E-state index in [2.05, 4.69) is 23.3 Å². The Morgan fingerprint density at radius 1 is 0.721 bits per heavy atom. The van der Waals surface area contributed by atoms with Crippen LogP contribution in [0.4, 0.5) is 5.69 Å². The van der Waals surface area contributed by atoms with Crippen LogP contribution in [0.3, 0.4) is 0 Å². The molecule has 0 saturated carbocycles. The maximum atomic E-state index is 14.2. The number of fused-ring (bicyclic) bond motifs is 2. The minimum atomic E-state index is -0.135. The molecule has 0 bridgehead atoms. The zero-order valence-electron chi connectivity index (χ0n) is 25.2. The van der Waals surface area contributed by atoms with Gasteiger partial charge in [-0.1, -0.05) is 36.4 Å². The summed E-state index contributed by atoms with van der Waals surface area (Å²) in [5.74, 6) is 1.23. The molecule has 6 rings (SSSR count). The van der Waals surface area contributed by atoms with Crippen LogP contribution in [0.25, 0.3) is 11.1 Å². The highest BCUT2D eigenvalue weighted by Gasteiger charge is 2.30. The monoisotopic (exact) mass is 578 g/mol. The molecule has 1 fully saturated rings. The summed E-state index contributed by atoms with van der Waals surface area (Å²) in [5, 5.41) is 0. The number of piperazine rings is 1. The van der Waals surface area contributed by atoms with Crippen molar-refractivity contribution < 1.29 is 19.1 Å². The van der Waals surface area contributed by atoms with E-state index in [1.54, 1.807) is 25.2 Å². The first-order valence-electron chi connectivity index (χ1n) is 14.8. The smallest absolute Gasteiger partial charge is 0.270 e. The van der Waals surface area contributed by atoms with E-state index in [4.69, 9.17) is 9.47 Å². The van der Waals surface area contributed by atoms with Crippen molar-refractivity contribution in [3.05, 3.63) is 101 Å². The fraction of sp³-hybridized carbons (Fsp3) is 0.314. The summed E-state index contributed by atoms with van der Waals surface area (Å²) in [4.78, 5) is 34.1. The minimum Gasteiger partial charge on any atom is -0.496 e. The molecule has 0 radical (unpaired) electrons. The molecular weight excluding hydrogens is 540 g/mol. The number of hydrogen-bond acceptors (Lipinski definition) is 5. The topological polar surface area (TPSA) is 67.2 Å². The summed E-state index contributed by atoms with van der Waals surface area (Å²) in [6, 6.07) is 25.6. The van der Waals surface area contributed by atoms with Crippen LogP contribution in [0.5, 0.6) is 11.5 Å². The number of hydrogen-bond donors (Lipinski definition) is 0. The van der Waals surface area contributed by atoms with E-state index < -0.39 is 0 Å². The van der Waals surface area contributed by atoms with Crippen molar-refractivity contribution >= 4 is 17.5 Å². The third-order valence-electron chi connectivity index (χ3n) is 8.64. The van der Waals surface area contributed by atoms with Gasteiger partial charge in [0.2, 0.25) is 0 Å². The number of para-hydroxylation sites is 2. The molecule has 1 aromatic heterocycles. The van der Waals surface area contributed by atoms with Crippen molar-refractivity contribution in [2.75, 3.05) is 45.3 Å². The Morgan fingerprint density at radius 3 is 2.16 bits per heavy atom. The van der Waals surface area contributed by atoms with Crippen LogP contribution in [-0.2, 0) is 13.1 Å². The standard InChI is InChI=1S/C35H38N4O4/c1-24(2)36-17-19-37(20-18-36)35(41)31-16-14-27-23-39(30-11-7-5-9-26(30)22-38(27)31)34(40)25-13-15-29(33(21-25)43-4)28-10-6-8-12-32(28)42-3/h5-16,21,24H,17-20,22-23H2,1-4H3. The molecule has 0 spiro atoms. The molecule has 2 aliphatic rings. The van der Waals surface area contributed by atoms with Gasteiger partial charge in [0.05, 0.1) is 27.3 Å². The molecule has 2 aliphatic heterocycles. The second kappa shape index (κ2) is 12.0. The first kappa shape index (κ1) is 28.6. The fourth-order valence-corrected chi connectivity index (χ4v) is 6.20. The Labute approximate surface area is 253 Å². The zero-order valence-corrected chi connectivity index (χ0v) is 25.2. The van der Waals surface area contributed by atoms with Crippen LogP contribution in [0.1, 0.15) is 46.0 Å². The van der Waals surface area contributed by atoms with Gasteiger partial charge < -0.3 is 23.8 Å². The quantitative estimate of drug-likeness (QED) is 0.300. The van der Waals surface area contributed by atoms with Gasteiger partial charge in [0.1, 0.15) is 17.2 Å². The second-order valence-electron chi connectivity index (χ2n) is 11.4. The normalized spacial score (nSPS) is 15.1. The first-order valence-corrected chi connectivity index (χ1v) is 14.8. The Balaban J connectivity index is 1.31. The van der Waals surface area contributed by atoms with Crippen LogP contribution in [0.2, 0.25) is 0 Å². The highest BCUT2D eigenvalue weighted by atomic mass is 16.5. The summed E-state index contributed by atoms with van der Waals surface area (Å²) < 4.78 is 13.4. The molecule has 0 aliphatic carbocycles. The van der Waals surface area contributed by atoms with E-state index in [1.165, 1.54) is 0 Å². The number of methoxy groups -OCH3 is 2. The molecule has 3 aromatic carbocycles. The third kappa shape index (κ3) is 5.39. The molecule has 8 heteroatoms. The lowest BCUT2D eigenvalue weighted by Gasteiger charge is -2.37.